The van der Waals surface area contributed by atoms with E-state index in [0.717, 1.165) is 44.6 Å². The third kappa shape index (κ3) is 6.42. The lowest BCUT2D eigenvalue weighted by Gasteiger charge is -2.39. The average molecular weight is 241 g/mol. The molecule has 0 aromatic rings. The third-order valence-corrected chi connectivity index (χ3v) is 3.63. The Bertz CT molecular complexity index is 203. The predicted molar refractivity (Wildman–Crippen MR) is 74.3 cm³/mol. The topological polar surface area (TPSA) is 21.3 Å². The quantitative estimate of drug-likeness (QED) is 0.688. The molecule has 0 amide bonds. The molecule has 1 aliphatic carbocycles. The first kappa shape index (κ1) is 15.0. The first-order valence-corrected chi connectivity index (χ1v) is 7.34. The summed E-state index contributed by atoms with van der Waals surface area (Å²) in [5, 5.41) is 3.70. The number of hydrogen-bond donors (Lipinski definition) is 1. The van der Waals surface area contributed by atoms with Crippen LogP contribution in [0.25, 0.3) is 0 Å². The van der Waals surface area contributed by atoms with Crippen molar-refractivity contribution in [3.8, 4) is 0 Å². The van der Waals surface area contributed by atoms with Gasteiger partial charge in [0.15, 0.2) is 0 Å². The molecule has 0 aromatic heterocycles. The summed E-state index contributed by atoms with van der Waals surface area (Å²) in [7, 11) is 0. The van der Waals surface area contributed by atoms with Crippen LogP contribution < -0.4 is 5.32 Å². The molecule has 2 nitrogen and oxygen atoms in total. The van der Waals surface area contributed by atoms with Gasteiger partial charge in [-0.05, 0) is 50.0 Å². The van der Waals surface area contributed by atoms with E-state index in [9.17, 15) is 0 Å². The zero-order chi connectivity index (χ0) is 12.7. The number of ether oxygens (including phenoxy) is 1. The Balaban J connectivity index is 2.10. The molecule has 0 saturated heterocycles. The highest BCUT2D eigenvalue weighted by atomic mass is 16.5. The fourth-order valence-corrected chi connectivity index (χ4v) is 3.23. The molecule has 0 bridgehead atoms. The monoisotopic (exact) mass is 241 g/mol. The van der Waals surface area contributed by atoms with Crippen molar-refractivity contribution in [2.75, 3.05) is 19.8 Å². The maximum atomic E-state index is 5.49. The second-order valence-corrected chi connectivity index (χ2v) is 6.53. The molecule has 0 aliphatic heterocycles. The highest BCUT2D eigenvalue weighted by Gasteiger charge is 2.31. The van der Waals surface area contributed by atoms with Gasteiger partial charge in [0, 0.05) is 19.3 Å². The van der Waals surface area contributed by atoms with Crippen molar-refractivity contribution in [2.24, 2.45) is 11.3 Å². The zero-order valence-electron chi connectivity index (χ0n) is 12.2. The molecular weight excluding hydrogens is 210 g/mol. The SMILES string of the molecule is CCCOCCCNC1CC(C)CC(C)(C)C1. The second kappa shape index (κ2) is 7.38. The van der Waals surface area contributed by atoms with E-state index in [0.29, 0.717) is 5.41 Å². The van der Waals surface area contributed by atoms with Crippen LogP contribution in [-0.4, -0.2) is 25.8 Å². The lowest BCUT2D eigenvalue weighted by Crippen LogP contribution is -2.40. The van der Waals surface area contributed by atoms with Gasteiger partial charge in [0.1, 0.15) is 0 Å². The predicted octanol–water partition coefficient (Wildman–Crippen LogP) is 3.61. The van der Waals surface area contributed by atoms with E-state index in [1.165, 1.54) is 19.3 Å². The summed E-state index contributed by atoms with van der Waals surface area (Å²) in [6, 6.07) is 0.722. The molecule has 1 rings (SSSR count). The third-order valence-electron chi connectivity index (χ3n) is 3.63. The lowest BCUT2D eigenvalue weighted by atomic mass is 9.70. The standard InChI is InChI=1S/C15H31NO/c1-5-8-17-9-6-7-16-14-10-13(2)11-15(3,4)12-14/h13-14,16H,5-12H2,1-4H3. The van der Waals surface area contributed by atoms with Crippen molar-refractivity contribution in [3.05, 3.63) is 0 Å². The first-order chi connectivity index (χ1) is 8.03. The largest absolute Gasteiger partial charge is 0.381 e. The zero-order valence-corrected chi connectivity index (χ0v) is 12.2. The summed E-state index contributed by atoms with van der Waals surface area (Å²) in [6.45, 7) is 12.3. The van der Waals surface area contributed by atoms with Gasteiger partial charge in [0.25, 0.3) is 0 Å². The van der Waals surface area contributed by atoms with E-state index >= 15 is 0 Å². The molecule has 0 radical (unpaired) electrons. The van der Waals surface area contributed by atoms with Crippen LogP contribution in [0.2, 0.25) is 0 Å². The Labute approximate surface area is 108 Å². The van der Waals surface area contributed by atoms with Crippen LogP contribution in [0.3, 0.4) is 0 Å². The normalized spacial score (nSPS) is 28.2. The Morgan fingerprint density at radius 2 is 2.00 bits per heavy atom. The van der Waals surface area contributed by atoms with Gasteiger partial charge in [-0.25, -0.2) is 0 Å². The van der Waals surface area contributed by atoms with Gasteiger partial charge in [-0.15, -0.1) is 0 Å². The van der Waals surface area contributed by atoms with Crippen molar-refractivity contribution >= 4 is 0 Å². The number of nitrogens with one attached hydrogen (secondary N) is 1. The van der Waals surface area contributed by atoms with Crippen LogP contribution in [0.4, 0.5) is 0 Å². The highest BCUT2D eigenvalue weighted by Crippen LogP contribution is 2.38. The molecule has 0 aromatic carbocycles. The molecule has 2 unspecified atom stereocenters. The van der Waals surface area contributed by atoms with Crippen LogP contribution in [0.1, 0.15) is 59.8 Å². The maximum absolute atomic E-state index is 5.49. The lowest BCUT2D eigenvalue weighted by molar-refractivity contribution is 0.124. The van der Waals surface area contributed by atoms with Crippen LogP contribution in [-0.2, 0) is 4.74 Å². The molecule has 2 heteroatoms. The maximum Gasteiger partial charge on any atom is 0.0478 e. The second-order valence-electron chi connectivity index (χ2n) is 6.53. The first-order valence-electron chi connectivity index (χ1n) is 7.34. The van der Waals surface area contributed by atoms with Gasteiger partial charge >= 0.3 is 0 Å². The van der Waals surface area contributed by atoms with E-state index in [-0.39, 0.29) is 0 Å². The minimum Gasteiger partial charge on any atom is -0.381 e. The van der Waals surface area contributed by atoms with Crippen LogP contribution in [0.15, 0.2) is 0 Å². The number of hydrogen-bond acceptors (Lipinski definition) is 2. The van der Waals surface area contributed by atoms with Crippen LogP contribution >= 0.6 is 0 Å². The van der Waals surface area contributed by atoms with Crippen molar-refractivity contribution in [2.45, 2.75) is 65.8 Å². The fourth-order valence-electron chi connectivity index (χ4n) is 3.23. The summed E-state index contributed by atoms with van der Waals surface area (Å²) in [5.41, 5.74) is 0.522. The van der Waals surface area contributed by atoms with Crippen LogP contribution in [0.5, 0.6) is 0 Å². The van der Waals surface area contributed by atoms with E-state index in [2.05, 4.69) is 33.0 Å². The van der Waals surface area contributed by atoms with Crippen molar-refractivity contribution in [3.63, 3.8) is 0 Å². The molecule has 1 aliphatic rings. The Hall–Kier alpha value is -0.0800. The summed E-state index contributed by atoms with van der Waals surface area (Å²) >= 11 is 0. The molecule has 0 heterocycles. The molecular formula is C15H31NO. The summed E-state index contributed by atoms with van der Waals surface area (Å²) < 4.78 is 5.49. The van der Waals surface area contributed by atoms with Gasteiger partial charge in [-0.1, -0.05) is 27.7 Å². The fraction of sp³-hybridized carbons (Fsp3) is 1.00. The minimum atomic E-state index is 0.522. The average Bonchev–Trinajstić information content (AvgIpc) is 2.20. The Morgan fingerprint density at radius 1 is 1.24 bits per heavy atom. The summed E-state index contributed by atoms with van der Waals surface area (Å²) in [5.74, 6) is 0.868. The van der Waals surface area contributed by atoms with Gasteiger partial charge < -0.3 is 10.1 Å². The van der Waals surface area contributed by atoms with Gasteiger partial charge in [0.2, 0.25) is 0 Å². The highest BCUT2D eigenvalue weighted by molar-refractivity contribution is 4.86. The van der Waals surface area contributed by atoms with Crippen molar-refractivity contribution < 1.29 is 4.74 Å². The van der Waals surface area contributed by atoms with E-state index in [4.69, 9.17) is 4.74 Å². The Kier molecular flexibility index (Phi) is 6.50. The van der Waals surface area contributed by atoms with Gasteiger partial charge in [-0.3, -0.25) is 0 Å². The van der Waals surface area contributed by atoms with E-state index in [1.807, 2.05) is 0 Å². The van der Waals surface area contributed by atoms with Crippen molar-refractivity contribution in [1.29, 1.82) is 0 Å². The van der Waals surface area contributed by atoms with Crippen LogP contribution in [0, 0.1) is 11.3 Å². The molecule has 1 fully saturated rings. The molecule has 0 spiro atoms. The minimum absolute atomic E-state index is 0.522. The molecule has 2 atom stereocenters. The van der Waals surface area contributed by atoms with Gasteiger partial charge in [-0.2, -0.15) is 0 Å². The number of rotatable bonds is 7. The van der Waals surface area contributed by atoms with Gasteiger partial charge in [0.05, 0.1) is 0 Å². The summed E-state index contributed by atoms with van der Waals surface area (Å²) in [6.07, 6.45) is 6.32. The van der Waals surface area contributed by atoms with Crippen molar-refractivity contribution in [1.82, 2.24) is 5.32 Å². The smallest absolute Gasteiger partial charge is 0.0478 e. The molecule has 102 valence electrons. The van der Waals surface area contributed by atoms with E-state index in [1.54, 1.807) is 0 Å². The molecule has 17 heavy (non-hydrogen) atoms. The summed E-state index contributed by atoms with van der Waals surface area (Å²) in [4.78, 5) is 0. The molecule has 1 saturated carbocycles. The Morgan fingerprint density at radius 3 is 2.65 bits per heavy atom. The van der Waals surface area contributed by atoms with E-state index < -0.39 is 0 Å². The molecule has 1 N–H and O–H groups in total.